The average molecular weight is 354 g/mol. The van der Waals surface area contributed by atoms with E-state index in [1.807, 2.05) is 0 Å². The Kier molecular flexibility index (Phi) is 3.76. The van der Waals surface area contributed by atoms with Gasteiger partial charge in [0.05, 0.1) is 6.33 Å². The summed E-state index contributed by atoms with van der Waals surface area (Å²) >= 11 is 0. The minimum atomic E-state index is -0.417. The van der Waals surface area contributed by atoms with Crippen LogP contribution in [0.4, 0.5) is 4.39 Å². The van der Waals surface area contributed by atoms with Crippen molar-refractivity contribution in [3.8, 4) is 0 Å². The molecule has 0 atom stereocenters. The van der Waals surface area contributed by atoms with Gasteiger partial charge in [-0.15, -0.1) is 0 Å². The van der Waals surface area contributed by atoms with E-state index in [1.165, 1.54) is 23.1 Å². The number of halogens is 1. The maximum Gasteiger partial charge on any atom is 0.276 e. The van der Waals surface area contributed by atoms with Gasteiger partial charge in [0.25, 0.3) is 11.5 Å². The summed E-state index contributed by atoms with van der Waals surface area (Å²) in [5.74, 6) is -0.724. The normalized spacial score (nSPS) is 11.3. The first-order valence-corrected chi connectivity index (χ1v) is 7.98. The maximum absolute atomic E-state index is 13.4. The lowest BCUT2D eigenvalue weighted by molar-refractivity contribution is 0.0950. The van der Waals surface area contributed by atoms with Crippen molar-refractivity contribution in [1.82, 2.24) is 30.0 Å². The molecule has 3 N–H and O–H groups in total. The highest BCUT2D eigenvalue weighted by atomic mass is 19.1. The van der Waals surface area contributed by atoms with Gasteiger partial charge in [0.15, 0.2) is 11.2 Å². The molecule has 0 spiro atoms. The SMILES string of the molecule is Cn1nc(C(=O)NCCc2c[nH]c3ccc(F)cc23)c2nc[nH]c(=O)c21. The molecule has 1 aromatic carbocycles. The van der Waals surface area contributed by atoms with Crippen LogP contribution in [0.25, 0.3) is 21.9 Å². The molecule has 4 aromatic rings. The third-order valence-electron chi connectivity index (χ3n) is 4.25. The van der Waals surface area contributed by atoms with Crippen molar-refractivity contribution in [1.29, 1.82) is 0 Å². The standard InChI is InChI=1S/C17H15FN6O2/c1-24-15-13(21-8-22-17(15)26)14(23-24)16(25)19-5-4-9-7-20-12-3-2-10(18)6-11(9)12/h2-3,6-8,20H,4-5H2,1H3,(H,19,25)(H,21,22,26). The van der Waals surface area contributed by atoms with Crippen molar-refractivity contribution in [2.45, 2.75) is 6.42 Å². The molecule has 0 aliphatic carbocycles. The van der Waals surface area contributed by atoms with E-state index in [2.05, 4.69) is 25.4 Å². The number of hydrogen-bond donors (Lipinski definition) is 3. The number of aromatic amines is 2. The number of rotatable bonds is 4. The first-order chi connectivity index (χ1) is 12.5. The highest BCUT2D eigenvalue weighted by molar-refractivity contribution is 6.03. The Balaban J connectivity index is 1.52. The van der Waals surface area contributed by atoms with Crippen LogP contribution in [0.3, 0.4) is 0 Å². The maximum atomic E-state index is 13.4. The van der Waals surface area contributed by atoms with Gasteiger partial charge in [-0.1, -0.05) is 0 Å². The molecular formula is C17H15FN6O2. The highest BCUT2D eigenvalue weighted by Gasteiger charge is 2.19. The minimum absolute atomic E-state index is 0.0959. The molecular weight excluding hydrogens is 339 g/mol. The summed E-state index contributed by atoms with van der Waals surface area (Å²) in [5, 5.41) is 7.65. The molecule has 8 nitrogen and oxygen atoms in total. The monoisotopic (exact) mass is 354 g/mol. The van der Waals surface area contributed by atoms with Crippen LogP contribution in [0.15, 0.2) is 35.5 Å². The Hall–Kier alpha value is -3.49. The second-order valence-electron chi connectivity index (χ2n) is 5.91. The molecule has 0 bridgehead atoms. The lowest BCUT2D eigenvalue weighted by Gasteiger charge is -2.03. The largest absolute Gasteiger partial charge is 0.361 e. The predicted molar refractivity (Wildman–Crippen MR) is 93.4 cm³/mol. The van der Waals surface area contributed by atoms with Crippen molar-refractivity contribution >= 4 is 27.8 Å². The molecule has 0 saturated heterocycles. The van der Waals surface area contributed by atoms with Crippen molar-refractivity contribution in [2.75, 3.05) is 6.54 Å². The van der Waals surface area contributed by atoms with E-state index in [1.54, 1.807) is 19.3 Å². The van der Waals surface area contributed by atoms with Gasteiger partial charge in [-0.3, -0.25) is 14.3 Å². The molecule has 3 aromatic heterocycles. The van der Waals surface area contributed by atoms with Crippen molar-refractivity contribution in [2.24, 2.45) is 7.05 Å². The number of nitrogens with zero attached hydrogens (tertiary/aromatic N) is 3. The zero-order chi connectivity index (χ0) is 18.3. The van der Waals surface area contributed by atoms with E-state index >= 15 is 0 Å². The number of benzene rings is 1. The van der Waals surface area contributed by atoms with Crippen LogP contribution in [-0.2, 0) is 13.5 Å². The second kappa shape index (κ2) is 6.10. The van der Waals surface area contributed by atoms with Crippen molar-refractivity contribution in [3.63, 3.8) is 0 Å². The van der Waals surface area contributed by atoms with Crippen LogP contribution in [0.2, 0.25) is 0 Å². The zero-order valence-corrected chi connectivity index (χ0v) is 13.8. The molecule has 0 aliphatic rings. The van der Waals surface area contributed by atoms with E-state index in [-0.39, 0.29) is 28.1 Å². The van der Waals surface area contributed by atoms with Crippen LogP contribution in [-0.4, -0.2) is 37.2 Å². The van der Waals surface area contributed by atoms with Crippen LogP contribution in [0.5, 0.6) is 0 Å². The number of carbonyl (C=O) groups excluding carboxylic acids is 1. The highest BCUT2D eigenvalue weighted by Crippen LogP contribution is 2.19. The van der Waals surface area contributed by atoms with Crippen LogP contribution in [0.1, 0.15) is 16.1 Å². The average Bonchev–Trinajstić information content (AvgIpc) is 3.17. The molecule has 3 heterocycles. The fraction of sp³-hybridized carbons (Fsp3) is 0.176. The molecule has 0 aliphatic heterocycles. The Bertz CT molecular complexity index is 1190. The quantitative estimate of drug-likeness (QED) is 0.512. The zero-order valence-electron chi connectivity index (χ0n) is 13.8. The number of hydrogen-bond acceptors (Lipinski definition) is 4. The van der Waals surface area contributed by atoms with Crippen LogP contribution >= 0.6 is 0 Å². The number of carbonyl (C=O) groups is 1. The Morgan fingerprint density at radius 2 is 2.19 bits per heavy atom. The van der Waals surface area contributed by atoms with E-state index in [0.29, 0.717) is 13.0 Å². The van der Waals surface area contributed by atoms with E-state index < -0.39 is 5.91 Å². The fourth-order valence-corrected chi connectivity index (χ4v) is 3.02. The number of amides is 1. The number of aryl methyl sites for hydroxylation is 1. The molecule has 1 amide bonds. The van der Waals surface area contributed by atoms with Gasteiger partial charge in [0.2, 0.25) is 0 Å². The summed E-state index contributed by atoms with van der Waals surface area (Å²) in [6.45, 7) is 0.337. The van der Waals surface area contributed by atoms with Gasteiger partial charge in [-0.05, 0) is 30.2 Å². The topological polar surface area (TPSA) is 108 Å². The third kappa shape index (κ3) is 2.63. The molecule has 26 heavy (non-hydrogen) atoms. The van der Waals surface area contributed by atoms with Gasteiger partial charge in [0.1, 0.15) is 11.3 Å². The van der Waals surface area contributed by atoms with Crippen LogP contribution in [0, 0.1) is 5.82 Å². The predicted octanol–water partition coefficient (Wildman–Crippen LogP) is 1.25. The smallest absolute Gasteiger partial charge is 0.276 e. The number of aromatic nitrogens is 5. The van der Waals surface area contributed by atoms with Gasteiger partial charge in [-0.25, -0.2) is 9.37 Å². The van der Waals surface area contributed by atoms with E-state index in [9.17, 15) is 14.0 Å². The van der Waals surface area contributed by atoms with Gasteiger partial charge in [-0.2, -0.15) is 5.10 Å². The molecule has 0 saturated carbocycles. The number of nitrogens with one attached hydrogen (secondary N) is 3. The number of H-pyrrole nitrogens is 2. The second-order valence-corrected chi connectivity index (χ2v) is 5.91. The summed E-state index contributed by atoms with van der Waals surface area (Å²) in [6.07, 6.45) is 3.56. The van der Waals surface area contributed by atoms with E-state index in [0.717, 1.165) is 16.5 Å². The minimum Gasteiger partial charge on any atom is -0.361 e. The lowest BCUT2D eigenvalue weighted by atomic mass is 10.1. The lowest BCUT2D eigenvalue weighted by Crippen LogP contribution is -2.26. The Morgan fingerprint density at radius 1 is 1.35 bits per heavy atom. The third-order valence-corrected chi connectivity index (χ3v) is 4.25. The van der Waals surface area contributed by atoms with Gasteiger partial charge < -0.3 is 15.3 Å². The van der Waals surface area contributed by atoms with Crippen LogP contribution < -0.4 is 10.9 Å². The van der Waals surface area contributed by atoms with Crippen molar-refractivity contribution in [3.05, 3.63) is 58.2 Å². The molecule has 4 rings (SSSR count). The molecule has 0 radical (unpaired) electrons. The first kappa shape index (κ1) is 16.0. The molecule has 0 unspecified atom stereocenters. The summed E-state index contributed by atoms with van der Waals surface area (Å²) in [6, 6.07) is 4.53. The Morgan fingerprint density at radius 3 is 3.04 bits per heavy atom. The summed E-state index contributed by atoms with van der Waals surface area (Å²) < 4.78 is 14.8. The fourth-order valence-electron chi connectivity index (χ4n) is 3.02. The first-order valence-electron chi connectivity index (χ1n) is 7.98. The van der Waals surface area contributed by atoms with Gasteiger partial charge >= 0.3 is 0 Å². The summed E-state index contributed by atoms with van der Waals surface area (Å²) in [4.78, 5) is 33.8. The molecule has 0 fully saturated rings. The summed E-state index contributed by atoms with van der Waals surface area (Å²) in [7, 11) is 1.58. The van der Waals surface area contributed by atoms with Gasteiger partial charge in [0, 0.05) is 30.7 Å². The number of fused-ring (bicyclic) bond motifs is 2. The summed E-state index contributed by atoms with van der Waals surface area (Å²) in [5.41, 5.74) is 1.98. The van der Waals surface area contributed by atoms with E-state index in [4.69, 9.17) is 0 Å². The molecule has 9 heteroatoms. The van der Waals surface area contributed by atoms with Crippen molar-refractivity contribution < 1.29 is 9.18 Å². The molecule has 132 valence electrons. The Labute approximate surface area is 146 Å².